The van der Waals surface area contributed by atoms with Crippen molar-refractivity contribution in [3.63, 3.8) is 0 Å². The van der Waals surface area contributed by atoms with Gasteiger partial charge in [-0.25, -0.2) is 9.18 Å². The van der Waals surface area contributed by atoms with E-state index < -0.39 is 23.9 Å². The number of carboxylic acids is 1. The summed E-state index contributed by atoms with van der Waals surface area (Å²) in [7, 11) is 0. The van der Waals surface area contributed by atoms with E-state index in [1.165, 1.54) is 6.07 Å². The standard InChI is InChI=1S/C12H14BrFN2O3/c1-6-3-8(13)9(14)5-10(6)16-12(19)15-7(2)4-11(17)18/h3,5,7H,4H2,1-2H3,(H,17,18)(H2,15,16,19). The Morgan fingerprint density at radius 1 is 1.47 bits per heavy atom. The van der Waals surface area contributed by atoms with E-state index in [1.807, 2.05) is 0 Å². The minimum Gasteiger partial charge on any atom is -0.481 e. The van der Waals surface area contributed by atoms with Crippen molar-refractivity contribution in [2.45, 2.75) is 26.3 Å². The second-order valence-electron chi connectivity index (χ2n) is 4.18. The van der Waals surface area contributed by atoms with Crippen LogP contribution in [-0.4, -0.2) is 23.1 Å². The summed E-state index contributed by atoms with van der Waals surface area (Å²) in [5, 5.41) is 13.5. The monoisotopic (exact) mass is 332 g/mol. The van der Waals surface area contributed by atoms with Crippen LogP contribution in [0, 0.1) is 12.7 Å². The molecule has 1 aromatic rings. The largest absolute Gasteiger partial charge is 0.481 e. The van der Waals surface area contributed by atoms with Crippen LogP contribution in [0.1, 0.15) is 18.9 Å². The number of rotatable bonds is 4. The fraction of sp³-hybridized carbons (Fsp3) is 0.333. The van der Waals surface area contributed by atoms with Crippen molar-refractivity contribution in [1.82, 2.24) is 5.32 Å². The molecular weight excluding hydrogens is 319 g/mol. The van der Waals surface area contributed by atoms with E-state index in [1.54, 1.807) is 19.9 Å². The first-order valence-electron chi connectivity index (χ1n) is 5.54. The number of hydrogen-bond donors (Lipinski definition) is 3. The molecule has 1 aromatic carbocycles. The number of nitrogens with one attached hydrogen (secondary N) is 2. The van der Waals surface area contributed by atoms with E-state index in [0.717, 1.165) is 0 Å². The van der Waals surface area contributed by atoms with Gasteiger partial charge in [-0.3, -0.25) is 4.79 Å². The summed E-state index contributed by atoms with van der Waals surface area (Å²) in [4.78, 5) is 22.1. The highest BCUT2D eigenvalue weighted by Crippen LogP contribution is 2.23. The van der Waals surface area contributed by atoms with Crippen LogP contribution in [0.3, 0.4) is 0 Å². The minimum absolute atomic E-state index is 0.179. The average molecular weight is 333 g/mol. The topological polar surface area (TPSA) is 78.4 Å². The molecule has 2 amide bonds. The summed E-state index contributed by atoms with van der Waals surface area (Å²) in [5.74, 6) is -1.49. The maximum atomic E-state index is 13.3. The van der Waals surface area contributed by atoms with Crippen LogP contribution in [0.4, 0.5) is 14.9 Å². The summed E-state index contributed by atoms with van der Waals surface area (Å²) in [6, 6.07) is 1.66. The van der Waals surface area contributed by atoms with Gasteiger partial charge >= 0.3 is 12.0 Å². The second-order valence-corrected chi connectivity index (χ2v) is 5.03. The molecule has 1 unspecified atom stereocenters. The molecular formula is C12H14BrFN2O3. The average Bonchev–Trinajstić information content (AvgIpc) is 2.24. The van der Waals surface area contributed by atoms with Crippen LogP contribution < -0.4 is 10.6 Å². The third-order valence-electron chi connectivity index (χ3n) is 2.37. The Bertz CT molecular complexity index is 508. The number of amides is 2. The lowest BCUT2D eigenvalue weighted by atomic mass is 10.2. The number of carbonyl (C=O) groups is 2. The van der Waals surface area contributed by atoms with Gasteiger partial charge in [-0.15, -0.1) is 0 Å². The number of urea groups is 1. The van der Waals surface area contributed by atoms with Gasteiger partial charge in [0, 0.05) is 11.7 Å². The molecule has 104 valence electrons. The zero-order chi connectivity index (χ0) is 14.6. The van der Waals surface area contributed by atoms with Gasteiger partial charge in [0.1, 0.15) is 5.82 Å². The van der Waals surface area contributed by atoms with Crippen molar-refractivity contribution >= 4 is 33.6 Å². The molecule has 0 fully saturated rings. The Morgan fingerprint density at radius 2 is 2.11 bits per heavy atom. The van der Waals surface area contributed by atoms with Crippen LogP contribution >= 0.6 is 15.9 Å². The van der Waals surface area contributed by atoms with Gasteiger partial charge in [0.25, 0.3) is 0 Å². The number of halogens is 2. The van der Waals surface area contributed by atoms with E-state index in [0.29, 0.717) is 15.7 Å². The normalized spacial score (nSPS) is 11.8. The van der Waals surface area contributed by atoms with Gasteiger partial charge in [0.2, 0.25) is 0 Å². The number of carbonyl (C=O) groups excluding carboxylic acids is 1. The Labute approximate surface area is 118 Å². The smallest absolute Gasteiger partial charge is 0.319 e. The van der Waals surface area contributed by atoms with E-state index >= 15 is 0 Å². The highest BCUT2D eigenvalue weighted by atomic mass is 79.9. The maximum Gasteiger partial charge on any atom is 0.319 e. The quantitative estimate of drug-likeness (QED) is 0.793. The fourth-order valence-corrected chi connectivity index (χ4v) is 1.93. The summed E-state index contributed by atoms with van der Waals surface area (Å²) < 4.78 is 13.7. The third-order valence-corrected chi connectivity index (χ3v) is 2.98. The molecule has 0 saturated heterocycles. The molecule has 5 nitrogen and oxygen atoms in total. The van der Waals surface area contributed by atoms with Crippen molar-refractivity contribution in [1.29, 1.82) is 0 Å². The molecule has 3 N–H and O–H groups in total. The molecule has 0 bridgehead atoms. The Kier molecular flexibility index (Phi) is 5.29. The number of benzene rings is 1. The zero-order valence-electron chi connectivity index (χ0n) is 10.5. The lowest BCUT2D eigenvalue weighted by molar-refractivity contribution is -0.137. The van der Waals surface area contributed by atoms with E-state index in [2.05, 4.69) is 26.6 Å². The van der Waals surface area contributed by atoms with Crippen molar-refractivity contribution in [3.05, 3.63) is 28.0 Å². The van der Waals surface area contributed by atoms with Crippen LogP contribution in [-0.2, 0) is 4.79 Å². The molecule has 0 radical (unpaired) electrons. The van der Waals surface area contributed by atoms with Crippen molar-refractivity contribution < 1.29 is 19.1 Å². The predicted molar refractivity (Wildman–Crippen MR) is 72.7 cm³/mol. The summed E-state index contributed by atoms with van der Waals surface area (Å²) in [6.07, 6.45) is -0.179. The molecule has 7 heteroatoms. The predicted octanol–water partition coefficient (Wildman–Crippen LogP) is 2.88. The van der Waals surface area contributed by atoms with Gasteiger partial charge in [-0.1, -0.05) is 0 Å². The molecule has 0 spiro atoms. The molecule has 0 heterocycles. The van der Waals surface area contributed by atoms with Crippen molar-refractivity contribution in [2.24, 2.45) is 0 Å². The summed E-state index contributed by atoms with van der Waals surface area (Å²) >= 11 is 3.05. The number of anilines is 1. The number of hydrogen-bond acceptors (Lipinski definition) is 2. The van der Waals surface area contributed by atoms with Crippen LogP contribution in [0.5, 0.6) is 0 Å². The molecule has 1 rings (SSSR count). The van der Waals surface area contributed by atoms with Gasteiger partial charge in [0.15, 0.2) is 0 Å². The van der Waals surface area contributed by atoms with E-state index in [-0.39, 0.29) is 6.42 Å². The molecule has 0 aliphatic carbocycles. The summed E-state index contributed by atoms with van der Waals surface area (Å²) in [6.45, 7) is 3.29. The van der Waals surface area contributed by atoms with Crippen LogP contribution in [0.15, 0.2) is 16.6 Å². The van der Waals surface area contributed by atoms with E-state index in [4.69, 9.17) is 5.11 Å². The lowest BCUT2D eigenvalue weighted by Crippen LogP contribution is -2.37. The molecule has 0 aliphatic rings. The number of aliphatic carboxylic acids is 1. The first kappa shape index (κ1) is 15.4. The van der Waals surface area contributed by atoms with Crippen LogP contribution in [0.25, 0.3) is 0 Å². The van der Waals surface area contributed by atoms with Crippen LogP contribution in [0.2, 0.25) is 0 Å². The van der Waals surface area contributed by atoms with Crippen molar-refractivity contribution in [3.8, 4) is 0 Å². The highest BCUT2D eigenvalue weighted by molar-refractivity contribution is 9.10. The molecule has 19 heavy (non-hydrogen) atoms. The molecule has 0 aliphatic heterocycles. The number of carboxylic acid groups (broad SMARTS) is 1. The Morgan fingerprint density at radius 3 is 2.68 bits per heavy atom. The second kappa shape index (κ2) is 6.51. The first-order chi connectivity index (χ1) is 8.79. The van der Waals surface area contributed by atoms with Gasteiger partial charge in [-0.2, -0.15) is 0 Å². The number of aryl methyl sites for hydroxylation is 1. The maximum absolute atomic E-state index is 13.3. The Balaban J connectivity index is 2.67. The van der Waals surface area contributed by atoms with Crippen molar-refractivity contribution in [2.75, 3.05) is 5.32 Å². The van der Waals surface area contributed by atoms with E-state index in [9.17, 15) is 14.0 Å². The first-order valence-corrected chi connectivity index (χ1v) is 6.34. The minimum atomic E-state index is -1.00. The molecule has 0 aromatic heterocycles. The SMILES string of the molecule is Cc1cc(Br)c(F)cc1NC(=O)NC(C)CC(=O)O. The Hall–Kier alpha value is -1.63. The summed E-state index contributed by atoms with van der Waals surface area (Å²) in [5.41, 5.74) is 1.02. The molecule has 1 atom stereocenters. The van der Waals surface area contributed by atoms with Gasteiger partial charge in [-0.05, 0) is 47.5 Å². The van der Waals surface area contributed by atoms with Gasteiger partial charge < -0.3 is 15.7 Å². The highest BCUT2D eigenvalue weighted by Gasteiger charge is 2.12. The van der Waals surface area contributed by atoms with Gasteiger partial charge in [0.05, 0.1) is 10.9 Å². The molecule has 0 saturated carbocycles. The lowest BCUT2D eigenvalue weighted by Gasteiger charge is -2.14. The zero-order valence-corrected chi connectivity index (χ0v) is 12.0. The fourth-order valence-electron chi connectivity index (χ4n) is 1.48. The third kappa shape index (κ3) is 4.86.